The molecule has 12 nitrogen and oxygen atoms in total. The van der Waals surface area contributed by atoms with Gasteiger partial charge in [-0.25, -0.2) is 9.13 Å². The van der Waals surface area contributed by atoms with E-state index < -0.39 is 21.7 Å². The van der Waals surface area contributed by atoms with Gasteiger partial charge in [0.25, 0.3) is 0 Å². The van der Waals surface area contributed by atoms with Crippen LogP contribution in [0.5, 0.6) is 0 Å². The minimum absolute atomic E-state index is 0.0497. The van der Waals surface area contributed by atoms with Crippen molar-refractivity contribution in [3.05, 3.63) is 0 Å². The third kappa shape index (κ3) is 22.3. The van der Waals surface area contributed by atoms with Crippen molar-refractivity contribution in [3.8, 4) is 0 Å². The molecule has 0 saturated heterocycles. The van der Waals surface area contributed by atoms with Gasteiger partial charge in [-0.15, -0.1) is 0 Å². The molecule has 0 bridgehead atoms. The number of phosphoric ester groups is 2. The lowest BCUT2D eigenvalue weighted by Gasteiger charge is -2.17. The SMILES string of the molecule is CC(C)NCCCCC(CO)COP(=O)(O)OCCOCCOCCOP(=O)(O)OC(C)C. The fourth-order valence-corrected chi connectivity index (χ4v) is 4.13. The number of rotatable bonds is 23. The Labute approximate surface area is 197 Å². The lowest BCUT2D eigenvalue weighted by molar-refractivity contribution is 0.0160. The van der Waals surface area contributed by atoms with Crippen LogP contribution in [0.4, 0.5) is 0 Å². The number of phosphoric acid groups is 2. The highest BCUT2D eigenvalue weighted by Crippen LogP contribution is 2.44. The van der Waals surface area contributed by atoms with Gasteiger partial charge in [-0.05, 0) is 33.2 Å². The fourth-order valence-electron chi connectivity index (χ4n) is 2.45. The van der Waals surface area contributed by atoms with Gasteiger partial charge < -0.3 is 29.7 Å². The molecule has 0 aromatic rings. The summed E-state index contributed by atoms with van der Waals surface area (Å²) in [6, 6.07) is 0.425. The average molecular weight is 523 g/mol. The topological polar surface area (TPSA) is 162 Å². The van der Waals surface area contributed by atoms with Crippen LogP contribution in [-0.2, 0) is 36.7 Å². The Morgan fingerprint density at radius 1 is 0.788 bits per heavy atom. The van der Waals surface area contributed by atoms with Crippen LogP contribution in [0, 0.1) is 5.92 Å². The van der Waals surface area contributed by atoms with Gasteiger partial charge in [0.15, 0.2) is 0 Å². The largest absolute Gasteiger partial charge is 0.472 e. The van der Waals surface area contributed by atoms with Gasteiger partial charge in [0, 0.05) is 18.6 Å². The summed E-state index contributed by atoms with van der Waals surface area (Å²) in [5, 5.41) is 12.7. The first-order valence-corrected chi connectivity index (χ1v) is 14.2. The van der Waals surface area contributed by atoms with E-state index in [1.807, 2.05) is 0 Å². The Balaban J connectivity index is 3.72. The van der Waals surface area contributed by atoms with Crippen LogP contribution in [-0.4, -0.2) is 86.4 Å². The van der Waals surface area contributed by atoms with E-state index in [4.69, 9.17) is 27.6 Å². The van der Waals surface area contributed by atoms with E-state index in [1.54, 1.807) is 13.8 Å². The van der Waals surface area contributed by atoms with Gasteiger partial charge in [0.2, 0.25) is 0 Å². The zero-order valence-corrected chi connectivity index (χ0v) is 22.0. The van der Waals surface area contributed by atoms with Gasteiger partial charge >= 0.3 is 15.6 Å². The third-order valence-corrected chi connectivity index (χ3v) is 6.18. The molecule has 0 aliphatic rings. The standard InChI is InChI=1S/C19H43NO11P2/c1-17(2)20-8-6-5-7-19(15-21)16-30-32(22,23)28-13-11-26-9-10-27-12-14-29-33(24,25)31-18(3)4/h17-21H,5-16H2,1-4H3,(H,22,23)(H,24,25). The van der Waals surface area contributed by atoms with Crippen molar-refractivity contribution in [3.63, 3.8) is 0 Å². The Kier molecular flexibility index (Phi) is 19.3. The summed E-state index contributed by atoms with van der Waals surface area (Å²) in [5.41, 5.74) is 0. The van der Waals surface area contributed by atoms with Crippen molar-refractivity contribution in [2.24, 2.45) is 5.92 Å². The molecule has 0 aromatic heterocycles. The Morgan fingerprint density at radius 3 is 1.85 bits per heavy atom. The predicted molar refractivity (Wildman–Crippen MR) is 123 cm³/mol. The number of hydrogen-bond acceptors (Lipinski definition) is 10. The summed E-state index contributed by atoms with van der Waals surface area (Å²) in [6.07, 6.45) is 2.07. The van der Waals surface area contributed by atoms with E-state index in [1.165, 1.54) is 0 Å². The molecule has 0 spiro atoms. The van der Waals surface area contributed by atoms with Crippen molar-refractivity contribution in [2.75, 3.05) is 59.4 Å². The second-order valence-electron chi connectivity index (χ2n) is 7.93. The molecule has 0 fully saturated rings. The summed E-state index contributed by atoms with van der Waals surface area (Å²) in [5.74, 6) is -0.234. The summed E-state index contributed by atoms with van der Waals surface area (Å²) in [6.45, 7) is 8.31. The Bertz CT molecular complexity index is 566. The molecule has 200 valence electrons. The van der Waals surface area contributed by atoms with Crippen molar-refractivity contribution < 1.29 is 51.6 Å². The van der Waals surface area contributed by atoms with Crippen LogP contribution in [0.1, 0.15) is 47.0 Å². The average Bonchev–Trinajstić information content (AvgIpc) is 2.70. The van der Waals surface area contributed by atoms with Crippen LogP contribution >= 0.6 is 15.6 Å². The second-order valence-corrected chi connectivity index (χ2v) is 10.8. The van der Waals surface area contributed by atoms with E-state index in [-0.39, 0.29) is 58.8 Å². The van der Waals surface area contributed by atoms with Crippen molar-refractivity contribution in [1.29, 1.82) is 0 Å². The van der Waals surface area contributed by atoms with Gasteiger partial charge in [0.05, 0.1) is 52.4 Å². The van der Waals surface area contributed by atoms with E-state index in [0.717, 1.165) is 19.4 Å². The van der Waals surface area contributed by atoms with Crippen molar-refractivity contribution >= 4 is 15.6 Å². The molecule has 0 aromatic carbocycles. The van der Waals surface area contributed by atoms with Gasteiger partial charge in [-0.1, -0.05) is 20.3 Å². The molecule has 3 unspecified atom stereocenters. The number of hydrogen-bond donors (Lipinski definition) is 4. The van der Waals surface area contributed by atoms with Gasteiger partial charge in [0.1, 0.15) is 0 Å². The van der Waals surface area contributed by atoms with Crippen molar-refractivity contribution in [1.82, 2.24) is 5.32 Å². The monoisotopic (exact) mass is 523 g/mol. The van der Waals surface area contributed by atoms with E-state index in [2.05, 4.69) is 19.2 Å². The van der Waals surface area contributed by atoms with Gasteiger partial charge in [-0.3, -0.25) is 18.1 Å². The first-order chi connectivity index (χ1) is 15.5. The number of aliphatic hydroxyl groups excluding tert-OH is 1. The van der Waals surface area contributed by atoms with Crippen molar-refractivity contribution in [2.45, 2.75) is 59.1 Å². The van der Waals surface area contributed by atoms with Crippen LogP contribution in [0.2, 0.25) is 0 Å². The molecule has 0 amide bonds. The molecule has 0 radical (unpaired) electrons. The third-order valence-electron chi connectivity index (χ3n) is 4.00. The van der Waals surface area contributed by atoms with Crippen LogP contribution in [0.25, 0.3) is 0 Å². The lowest BCUT2D eigenvalue weighted by atomic mass is 10.0. The highest BCUT2D eigenvalue weighted by molar-refractivity contribution is 7.47. The molecule has 33 heavy (non-hydrogen) atoms. The molecule has 0 aliphatic heterocycles. The maximum Gasteiger partial charge on any atom is 0.472 e. The lowest BCUT2D eigenvalue weighted by Crippen LogP contribution is -2.23. The predicted octanol–water partition coefficient (Wildman–Crippen LogP) is 2.47. The minimum atomic E-state index is -4.23. The summed E-state index contributed by atoms with van der Waals surface area (Å²) in [7, 11) is -8.30. The number of nitrogens with one attached hydrogen (secondary N) is 1. The normalized spacial score (nSPS) is 16.8. The molecular weight excluding hydrogens is 480 g/mol. The molecular formula is C19H43NO11P2. The number of aliphatic hydroxyl groups is 1. The molecule has 0 aliphatic carbocycles. The van der Waals surface area contributed by atoms with Gasteiger partial charge in [-0.2, -0.15) is 0 Å². The van der Waals surface area contributed by atoms with Crippen LogP contribution in [0.3, 0.4) is 0 Å². The maximum absolute atomic E-state index is 11.9. The quantitative estimate of drug-likeness (QED) is 0.114. The zero-order chi connectivity index (χ0) is 25.2. The Hall–Kier alpha value is 0.0600. The smallest absolute Gasteiger partial charge is 0.396 e. The zero-order valence-electron chi connectivity index (χ0n) is 20.2. The van der Waals surface area contributed by atoms with E-state index in [0.29, 0.717) is 12.5 Å². The summed E-state index contributed by atoms with van der Waals surface area (Å²) < 4.78 is 53.0. The number of ether oxygens (including phenoxy) is 2. The molecule has 0 heterocycles. The van der Waals surface area contributed by atoms with E-state index in [9.17, 15) is 24.0 Å². The summed E-state index contributed by atoms with van der Waals surface area (Å²) in [4.78, 5) is 19.1. The number of unbranched alkanes of at least 4 members (excludes halogenated alkanes) is 1. The van der Waals surface area contributed by atoms with Crippen LogP contribution in [0.15, 0.2) is 0 Å². The summed E-state index contributed by atoms with van der Waals surface area (Å²) >= 11 is 0. The molecule has 3 atom stereocenters. The Morgan fingerprint density at radius 2 is 1.33 bits per heavy atom. The second kappa shape index (κ2) is 19.3. The van der Waals surface area contributed by atoms with E-state index >= 15 is 0 Å². The molecule has 4 N–H and O–H groups in total. The first-order valence-electron chi connectivity index (χ1n) is 11.2. The molecule has 0 rings (SSSR count). The highest BCUT2D eigenvalue weighted by Gasteiger charge is 2.23. The maximum atomic E-state index is 11.9. The first kappa shape index (κ1) is 33.1. The minimum Gasteiger partial charge on any atom is -0.396 e. The molecule has 14 heteroatoms. The fraction of sp³-hybridized carbons (Fsp3) is 1.00. The molecule has 0 saturated carbocycles. The van der Waals surface area contributed by atoms with Crippen LogP contribution < -0.4 is 5.32 Å². The highest BCUT2D eigenvalue weighted by atomic mass is 31.2.